The zero-order chi connectivity index (χ0) is 21.3. The van der Waals surface area contributed by atoms with Gasteiger partial charge in [0.2, 0.25) is 9.84 Å². The minimum atomic E-state index is -4.13. The van der Waals surface area contributed by atoms with E-state index >= 15 is 0 Å². The van der Waals surface area contributed by atoms with E-state index < -0.39 is 20.9 Å². The van der Waals surface area contributed by atoms with Crippen LogP contribution in [-0.2, 0) is 9.84 Å². The lowest BCUT2D eigenvalue weighted by molar-refractivity contribution is 0.312. The molecule has 0 radical (unpaired) electrons. The summed E-state index contributed by atoms with van der Waals surface area (Å²) in [6.45, 7) is 2.86. The number of piperazine rings is 1. The number of hydrogen-bond acceptors (Lipinski definition) is 7. The minimum Gasteiger partial charge on any atom is -0.352 e. The summed E-state index contributed by atoms with van der Waals surface area (Å²) in [7, 11) is -2.11. The highest BCUT2D eigenvalue weighted by Crippen LogP contribution is 2.34. The standard InChI is InChI=1S/C21H20FN5O2S/c1-26-10-12-27(13-11-26)21-20(24-17-4-2-3-5-18(17)25-21)19(14-23)30(28,29)16-8-6-15(22)7-9-16/h2-9,19H,10-13H2,1H3/t19-/m1/s1. The number of halogens is 1. The van der Waals surface area contributed by atoms with Crippen LogP contribution in [0.1, 0.15) is 10.9 Å². The van der Waals surface area contributed by atoms with Crippen molar-refractivity contribution in [3.8, 4) is 6.07 Å². The molecule has 0 amide bonds. The molecule has 3 aromatic rings. The molecule has 30 heavy (non-hydrogen) atoms. The molecule has 0 saturated carbocycles. The van der Waals surface area contributed by atoms with Gasteiger partial charge in [-0.15, -0.1) is 0 Å². The van der Waals surface area contributed by atoms with Crippen LogP contribution in [0.25, 0.3) is 11.0 Å². The molecular weight excluding hydrogens is 405 g/mol. The van der Waals surface area contributed by atoms with Gasteiger partial charge in [0.1, 0.15) is 11.5 Å². The number of rotatable bonds is 4. The van der Waals surface area contributed by atoms with Gasteiger partial charge in [0.25, 0.3) is 0 Å². The van der Waals surface area contributed by atoms with Gasteiger partial charge in [-0.05, 0) is 43.4 Å². The van der Waals surface area contributed by atoms with E-state index in [1.54, 1.807) is 12.1 Å². The third kappa shape index (κ3) is 3.72. The van der Waals surface area contributed by atoms with E-state index in [1.807, 2.05) is 30.1 Å². The quantitative estimate of drug-likeness (QED) is 0.594. The molecule has 2 aromatic carbocycles. The predicted molar refractivity (Wildman–Crippen MR) is 111 cm³/mol. The summed E-state index contributed by atoms with van der Waals surface area (Å²) < 4.78 is 39.8. The van der Waals surface area contributed by atoms with Crippen molar-refractivity contribution in [3.63, 3.8) is 0 Å². The summed E-state index contributed by atoms with van der Waals surface area (Å²) >= 11 is 0. The fourth-order valence-corrected chi connectivity index (χ4v) is 4.85. The molecule has 2 heterocycles. The van der Waals surface area contributed by atoms with Crippen LogP contribution >= 0.6 is 0 Å². The lowest BCUT2D eigenvalue weighted by Gasteiger charge is -2.34. The summed E-state index contributed by atoms with van der Waals surface area (Å²) in [6, 6.07) is 13.5. The predicted octanol–water partition coefficient (Wildman–Crippen LogP) is 2.56. The highest BCUT2D eigenvalue weighted by molar-refractivity contribution is 7.92. The van der Waals surface area contributed by atoms with Gasteiger partial charge in [-0.3, -0.25) is 0 Å². The van der Waals surface area contributed by atoms with E-state index in [9.17, 15) is 18.1 Å². The summed E-state index contributed by atoms with van der Waals surface area (Å²) in [6.07, 6.45) is 0. The first-order valence-electron chi connectivity index (χ1n) is 9.49. The van der Waals surface area contributed by atoms with Crippen LogP contribution in [0.2, 0.25) is 0 Å². The number of likely N-dealkylation sites (N-methyl/N-ethyl adjacent to an activating group) is 1. The van der Waals surface area contributed by atoms with Gasteiger partial charge in [-0.1, -0.05) is 12.1 Å². The third-order valence-electron chi connectivity index (χ3n) is 5.20. The lowest BCUT2D eigenvalue weighted by atomic mass is 10.2. The first kappa shape index (κ1) is 20.2. The van der Waals surface area contributed by atoms with Crippen LogP contribution in [0.15, 0.2) is 53.4 Å². The van der Waals surface area contributed by atoms with E-state index in [1.165, 1.54) is 12.1 Å². The first-order chi connectivity index (χ1) is 14.4. The Hall–Kier alpha value is -3.09. The number of nitriles is 1. The number of anilines is 1. The smallest absolute Gasteiger partial charge is 0.200 e. The van der Waals surface area contributed by atoms with E-state index in [0.717, 1.165) is 25.2 Å². The van der Waals surface area contributed by atoms with Crippen molar-refractivity contribution in [2.45, 2.75) is 10.1 Å². The van der Waals surface area contributed by atoms with E-state index in [-0.39, 0.29) is 10.6 Å². The highest BCUT2D eigenvalue weighted by atomic mass is 32.2. The summed E-state index contributed by atoms with van der Waals surface area (Å²) in [5, 5.41) is 8.31. The van der Waals surface area contributed by atoms with Crippen LogP contribution in [0, 0.1) is 17.1 Å². The van der Waals surface area contributed by atoms with Crippen molar-refractivity contribution < 1.29 is 12.8 Å². The molecule has 1 aliphatic rings. The SMILES string of the molecule is CN1CCN(c2nc3ccccc3nc2[C@@H](C#N)S(=O)(=O)c2ccc(F)cc2)CC1. The van der Waals surface area contributed by atoms with Gasteiger partial charge in [0.15, 0.2) is 11.1 Å². The number of nitrogens with zero attached hydrogens (tertiary/aromatic N) is 5. The summed E-state index contributed by atoms with van der Waals surface area (Å²) in [5.74, 6) is -0.148. The Bertz CT molecular complexity index is 1220. The second-order valence-electron chi connectivity index (χ2n) is 7.22. The summed E-state index contributed by atoms with van der Waals surface area (Å²) in [5.41, 5.74) is 1.25. The third-order valence-corrected chi connectivity index (χ3v) is 7.08. The van der Waals surface area contributed by atoms with Crippen molar-refractivity contribution in [1.29, 1.82) is 5.26 Å². The van der Waals surface area contributed by atoms with Crippen LogP contribution in [0.5, 0.6) is 0 Å². The lowest BCUT2D eigenvalue weighted by Crippen LogP contribution is -2.45. The van der Waals surface area contributed by atoms with Crippen molar-refractivity contribution in [1.82, 2.24) is 14.9 Å². The van der Waals surface area contributed by atoms with Crippen LogP contribution in [0.3, 0.4) is 0 Å². The molecule has 1 fully saturated rings. The molecule has 0 aliphatic carbocycles. The number of hydrogen-bond donors (Lipinski definition) is 0. The molecule has 9 heteroatoms. The summed E-state index contributed by atoms with van der Waals surface area (Å²) in [4.78, 5) is 13.2. The Kier molecular flexibility index (Phi) is 5.37. The maximum Gasteiger partial charge on any atom is 0.200 e. The topological polar surface area (TPSA) is 90.2 Å². The molecule has 7 nitrogen and oxygen atoms in total. The molecular formula is C21H20FN5O2S. The molecule has 0 bridgehead atoms. The van der Waals surface area contributed by atoms with Gasteiger partial charge in [0.05, 0.1) is 22.0 Å². The fraction of sp³-hybridized carbons (Fsp3) is 0.286. The molecule has 154 valence electrons. The Labute approximate surface area is 174 Å². The average molecular weight is 425 g/mol. The second kappa shape index (κ2) is 7.97. The van der Waals surface area contributed by atoms with E-state index in [2.05, 4.69) is 14.9 Å². The number of aromatic nitrogens is 2. The van der Waals surface area contributed by atoms with Crippen LogP contribution < -0.4 is 4.90 Å². The molecule has 1 saturated heterocycles. The van der Waals surface area contributed by atoms with Crippen molar-refractivity contribution in [3.05, 3.63) is 60.0 Å². The maximum absolute atomic E-state index is 13.3. The van der Waals surface area contributed by atoms with Gasteiger partial charge in [-0.25, -0.2) is 22.8 Å². The zero-order valence-electron chi connectivity index (χ0n) is 16.4. The van der Waals surface area contributed by atoms with Crippen molar-refractivity contribution in [2.24, 2.45) is 0 Å². The fourth-order valence-electron chi connectivity index (χ4n) is 3.47. The molecule has 0 unspecified atom stereocenters. The van der Waals surface area contributed by atoms with Gasteiger partial charge in [0, 0.05) is 26.2 Å². The highest BCUT2D eigenvalue weighted by Gasteiger charge is 2.35. The molecule has 0 N–H and O–H groups in total. The maximum atomic E-state index is 13.3. The van der Waals surface area contributed by atoms with Crippen LogP contribution in [-0.4, -0.2) is 56.5 Å². The van der Waals surface area contributed by atoms with Gasteiger partial charge in [-0.2, -0.15) is 5.26 Å². The first-order valence-corrected chi connectivity index (χ1v) is 11.0. The Morgan fingerprint density at radius 1 is 1.00 bits per heavy atom. The monoisotopic (exact) mass is 425 g/mol. The average Bonchev–Trinajstić information content (AvgIpc) is 2.74. The number of para-hydroxylation sites is 2. The van der Waals surface area contributed by atoms with Gasteiger partial charge >= 0.3 is 0 Å². The minimum absolute atomic E-state index is 0.102. The molecule has 1 aliphatic heterocycles. The Morgan fingerprint density at radius 2 is 1.60 bits per heavy atom. The molecule has 1 atom stereocenters. The second-order valence-corrected chi connectivity index (χ2v) is 9.25. The van der Waals surface area contributed by atoms with Crippen LogP contribution in [0.4, 0.5) is 10.2 Å². The largest absolute Gasteiger partial charge is 0.352 e. The number of fused-ring (bicyclic) bond motifs is 1. The number of sulfone groups is 1. The molecule has 4 rings (SSSR count). The van der Waals surface area contributed by atoms with E-state index in [4.69, 9.17) is 0 Å². The normalized spacial score (nSPS) is 16.4. The Morgan fingerprint density at radius 3 is 2.20 bits per heavy atom. The van der Waals surface area contributed by atoms with Crippen molar-refractivity contribution >= 4 is 26.7 Å². The van der Waals surface area contributed by atoms with Crippen molar-refractivity contribution in [2.75, 3.05) is 38.1 Å². The Balaban J connectivity index is 1.87. The zero-order valence-corrected chi connectivity index (χ0v) is 17.2. The van der Waals surface area contributed by atoms with E-state index in [0.29, 0.717) is 29.9 Å². The van der Waals surface area contributed by atoms with Gasteiger partial charge < -0.3 is 9.80 Å². The molecule has 0 spiro atoms. The molecule has 1 aromatic heterocycles. The number of benzene rings is 2.